The molecule has 1 aliphatic carbocycles. The zero-order valence-corrected chi connectivity index (χ0v) is 24.7. The van der Waals surface area contributed by atoms with Crippen molar-refractivity contribution in [1.29, 1.82) is 0 Å². The first kappa shape index (κ1) is 31.1. The number of halogens is 1. The molecule has 222 valence electrons. The average Bonchev–Trinajstić information content (AvgIpc) is 2.98. The molecule has 0 fully saturated rings. The monoisotopic (exact) mass is 591 g/mol. The molecule has 0 saturated heterocycles. The Morgan fingerprint density at radius 3 is 2.14 bits per heavy atom. The number of carbonyl (C=O) groups is 2. The number of hydrogen-bond acceptors (Lipinski definition) is 4. The normalized spacial score (nSPS) is 14.2. The van der Waals surface area contributed by atoms with E-state index < -0.39 is 34.3 Å². The topological polar surface area (TPSA) is 86.8 Å². The van der Waals surface area contributed by atoms with Crippen molar-refractivity contribution in [2.45, 2.75) is 51.2 Å². The Kier molecular flexibility index (Phi) is 11.0. The van der Waals surface area contributed by atoms with E-state index in [1.54, 1.807) is 60.7 Å². The minimum atomic E-state index is -3.78. The molecule has 2 amide bonds. The Morgan fingerprint density at radius 2 is 1.52 bits per heavy atom. The fourth-order valence-electron chi connectivity index (χ4n) is 5.11. The second kappa shape index (κ2) is 14.9. The average molecular weight is 592 g/mol. The van der Waals surface area contributed by atoms with Crippen LogP contribution in [0, 0.1) is 5.82 Å². The molecule has 0 heterocycles. The van der Waals surface area contributed by atoms with Crippen molar-refractivity contribution in [3.05, 3.63) is 119 Å². The lowest BCUT2D eigenvalue weighted by atomic mass is 9.97. The molecule has 1 atom stereocenters. The van der Waals surface area contributed by atoms with Crippen LogP contribution < -0.4 is 5.32 Å². The number of benzene rings is 3. The number of amides is 2. The van der Waals surface area contributed by atoms with Crippen molar-refractivity contribution in [2.75, 3.05) is 19.3 Å². The molecular formula is C33H38FN3O4S. The Bertz CT molecular complexity index is 1460. The number of sulfonamides is 1. The summed E-state index contributed by atoms with van der Waals surface area (Å²) in [5.74, 6) is -1.32. The quantitative estimate of drug-likeness (QED) is 0.271. The van der Waals surface area contributed by atoms with E-state index in [1.807, 2.05) is 12.1 Å². The predicted molar refractivity (Wildman–Crippen MR) is 162 cm³/mol. The molecule has 0 unspecified atom stereocenters. The van der Waals surface area contributed by atoms with E-state index in [0.717, 1.165) is 41.8 Å². The second-order valence-corrected chi connectivity index (χ2v) is 12.6. The fourth-order valence-corrected chi connectivity index (χ4v) is 5.84. The lowest BCUT2D eigenvalue weighted by Gasteiger charge is -2.33. The van der Waals surface area contributed by atoms with Crippen LogP contribution in [0.5, 0.6) is 0 Å². The van der Waals surface area contributed by atoms with Gasteiger partial charge < -0.3 is 10.2 Å². The molecule has 0 saturated carbocycles. The Balaban J connectivity index is 1.64. The van der Waals surface area contributed by atoms with E-state index >= 15 is 0 Å². The lowest BCUT2D eigenvalue weighted by Crippen LogP contribution is -2.48. The Morgan fingerprint density at radius 1 is 0.881 bits per heavy atom. The van der Waals surface area contributed by atoms with Gasteiger partial charge in [0.05, 0.1) is 12.8 Å². The molecule has 42 heavy (non-hydrogen) atoms. The lowest BCUT2D eigenvalue weighted by molar-refractivity contribution is -0.141. The first-order chi connectivity index (χ1) is 20.2. The molecule has 0 radical (unpaired) electrons. The number of hydrogen-bond donors (Lipinski definition) is 1. The van der Waals surface area contributed by atoms with Gasteiger partial charge in [-0.15, -0.1) is 0 Å². The highest BCUT2D eigenvalue weighted by Crippen LogP contribution is 2.26. The summed E-state index contributed by atoms with van der Waals surface area (Å²) in [6.45, 7) is -0.0399. The first-order valence-corrected chi connectivity index (χ1v) is 16.1. The maximum absolute atomic E-state index is 14.1. The summed E-state index contributed by atoms with van der Waals surface area (Å²) in [7, 11) is -3.78. The fraction of sp³-hybridized carbons (Fsp3) is 0.333. The van der Waals surface area contributed by atoms with Gasteiger partial charge in [0.15, 0.2) is 0 Å². The zero-order valence-electron chi connectivity index (χ0n) is 23.9. The summed E-state index contributed by atoms with van der Waals surface area (Å²) in [4.78, 5) is 29.3. The molecule has 1 aliphatic rings. The Hall–Kier alpha value is -3.82. The van der Waals surface area contributed by atoms with Gasteiger partial charge in [0.25, 0.3) is 0 Å². The van der Waals surface area contributed by atoms with Gasteiger partial charge in [-0.1, -0.05) is 84.4 Å². The summed E-state index contributed by atoms with van der Waals surface area (Å²) >= 11 is 0. The highest BCUT2D eigenvalue weighted by Gasteiger charge is 2.33. The predicted octanol–water partition coefficient (Wildman–Crippen LogP) is 5.36. The van der Waals surface area contributed by atoms with E-state index in [2.05, 4.69) is 11.4 Å². The number of allylic oxidation sites excluding steroid dienone is 1. The van der Waals surface area contributed by atoms with Crippen LogP contribution in [0.2, 0.25) is 0 Å². The molecule has 0 bridgehead atoms. The maximum atomic E-state index is 14.1. The third-order valence-electron chi connectivity index (χ3n) is 7.37. The first-order valence-electron chi connectivity index (χ1n) is 14.2. The van der Waals surface area contributed by atoms with E-state index in [1.165, 1.54) is 29.0 Å². The molecule has 7 nitrogen and oxygen atoms in total. The molecule has 0 aromatic heterocycles. The van der Waals surface area contributed by atoms with Crippen molar-refractivity contribution in [3.63, 3.8) is 0 Å². The van der Waals surface area contributed by atoms with Crippen molar-refractivity contribution >= 4 is 21.8 Å². The van der Waals surface area contributed by atoms with Crippen LogP contribution in [0.1, 0.15) is 54.8 Å². The number of rotatable bonds is 13. The molecule has 4 rings (SSSR count). The SMILES string of the molecule is CS(=O)(=O)N(CC(=O)N(Cc1ccc(F)cc1)[C@@H](C(=O)NCCC1=CCCCC1)c1ccccc1)Cc1ccccc1. The highest BCUT2D eigenvalue weighted by molar-refractivity contribution is 7.88. The van der Waals surface area contributed by atoms with Crippen molar-refractivity contribution in [1.82, 2.24) is 14.5 Å². The van der Waals surface area contributed by atoms with E-state index in [-0.39, 0.29) is 19.0 Å². The van der Waals surface area contributed by atoms with E-state index in [4.69, 9.17) is 0 Å². The van der Waals surface area contributed by atoms with Crippen molar-refractivity contribution in [3.8, 4) is 0 Å². The van der Waals surface area contributed by atoms with Crippen LogP contribution in [0.3, 0.4) is 0 Å². The molecule has 9 heteroatoms. The van der Waals surface area contributed by atoms with Crippen LogP contribution >= 0.6 is 0 Å². The van der Waals surface area contributed by atoms with Crippen molar-refractivity contribution in [2.24, 2.45) is 0 Å². The van der Waals surface area contributed by atoms with Gasteiger partial charge in [-0.25, -0.2) is 12.8 Å². The van der Waals surface area contributed by atoms with Gasteiger partial charge in [0.2, 0.25) is 21.8 Å². The van der Waals surface area contributed by atoms with Crippen LogP contribution in [-0.2, 0) is 32.7 Å². The van der Waals surface area contributed by atoms with E-state index in [9.17, 15) is 22.4 Å². The van der Waals surface area contributed by atoms with Gasteiger partial charge in [0, 0.05) is 19.6 Å². The third kappa shape index (κ3) is 9.09. The number of nitrogens with one attached hydrogen (secondary N) is 1. The van der Waals surface area contributed by atoms with E-state index in [0.29, 0.717) is 17.7 Å². The number of carbonyl (C=O) groups excluding carboxylic acids is 2. The Labute approximate surface area is 248 Å². The standard InChI is InChI=1S/C33H38FN3O4S/c1-42(40,41)36(23-27-13-7-3-8-14-27)25-31(38)37(24-28-17-19-30(34)20-18-28)32(29-15-9-4-10-16-29)33(39)35-22-21-26-11-5-2-6-12-26/h3-4,7-11,13-20,32H,2,5-6,12,21-25H2,1H3,(H,35,39)/t32-/m1/s1. The van der Waals surface area contributed by atoms with Crippen LogP contribution in [0.15, 0.2) is 96.6 Å². The van der Waals surface area contributed by atoms with Gasteiger partial charge in [-0.05, 0) is 60.9 Å². The minimum absolute atomic E-state index is 0.00706. The van der Waals surface area contributed by atoms with Gasteiger partial charge in [0.1, 0.15) is 11.9 Å². The van der Waals surface area contributed by atoms with Crippen LogP contribution in [-0.4, -0.2) is 48.8 Å². The molecule has 0 aliphatic heterocycles. The van der Waals surface area contributed by atoms with Crippen molar-refractivity contribution < 1.29 is 22.4 Å². The van der Waals surface area contributed by atoms with Gasteiger partial charge >= 0.3 is 0 Å². The molecular weight excluding hydrogens is 553 g/mol. The highest BCUT2D eigenvalue weighted by atomic mass is 32.2. The summed E-state index contributed by atoms with van der Waals surface area (Å²) < 4.78 is 40.4. The molecule has 1 N–H and O–H groups in total. The molecule has 3 aromatic carbocycles. The van der Waals surface area contributed by atoms with Gasteiger partial charge in [-0.3, -0.25) is 9.59 Å². The third-order valence-corrected chi connectivity index (χ3v) is 8.57. The number of nitrogens with zero attached hydrogens (tertiary/aromatic N) is 2. The summed E-state index contributed by atoms with van der Waals surface area (Å²) in [6.07, 6.45) is 8.44. The smallest absolute Gasteiger partial charge is 0.247 e. The van der Waals surface area contributed by atoms with Gasteiger partial charge in [-0.2, -0.15) is 4.31 Å². The maximum Gasteiger partial charge on any atom is 0.247 e. The summed E-state index contributed by atoms with van der Waals surface area (Å²) in [5, 5.41) is 3.02. The largest absolute Gasteiger partial charge is 0.354 e. The molecule has 0 spiro atoms. The summed E-state index contributed by atoms with van der Waals surface area (Å²) in [5.41, 5.74) is 3.26. The molecule has 3 aromatic rings. The zero-order chi connectivity index (χ0) is 30.0. The minimum Gasteiger partial charge on any atom is -0.354 e. The summed E-state index contributed by atoms with van der Waals surface area (Å²) in [6, 6.07) is 22.7. The second-order valence-electron chi connectivity index (χ2n) is 10.6. The van der Waals surface area contributed by atoms with Crippen LogP contribution in [0.25, 0.3) is 0 Å². The van der Waals surface area contributed by atoms with Crippen LogP contribution in [0.4, 0.5) is 4.39 Å².